The summed E-state index contributed by atoms with van der Waals surface area (Å²) in [7, 11) is 1.84. The van der Waals surface area contributed by atoms with Crippen LogP contribution in [0.25, 0.3) is 11.0 Å². The van der Waals surface area contributed by atoms with Gasteiger partial charge in [-0.3, -0.25) is 9.48 Å². The van der Waals surface area contributed by atoms with E-state index in [-0.39, 0.29) is 12.3 Å². The molecule has 3 aromatic rings. The summed E-state index contributed by atoms with van der Waals surface area (Å²) in [4.78, 5) is 16.8. The van der Waals surface area contributed by atoms with E-state index < -0.39 is 0 Å². The van der Waals surface area contributed by atoms with Crippen LogP contribution < -0.4 is 14.8 Å². The molecule has 0 unspecified atom stereocenters. The van der Waals surface area contributed by atoms with Gasteiger partial charge in [0.25, 0.3) is 0 Å². The lowest BCUT2D eigenvalue weighted by Crippen LogP contribution is -2.17. The molecule has 4 rings (SSSR count). The Labute approximate surface area is 154 Å². The fourth-order valence-corrected chi connectivity index (χ4v) is 3.32. The van der Waals surface area contributed by atoms with Gasteiger partial charge in [-0.05, 0) is 30.7 Å². The molecule has 0 saturated carbocycles. The van der Waals surface area contributed by atoms with Crippen molar-refractivity contribution in [2.45, 2.75) is 13.3 Å². The lowest BCUT2D eigenvalue weighted by molar-refractivity contribution is -0.115. The van der Waals surface area contributed by atoms with Gasteiger partial charge in [0.15, 0.2) is 17.1 Å². The van der Waals surface area contributed by atoms with Crippen LogP contribution in [-0.4, -0.2) is 33.9 Å². The molecule has 7 nitrogen and oxygen atoms in total. The number of carbonyl (C=O) groups excluding carboxylic acids is 1. The highest BCUT2D eigenvalue weighted by Gasteiger charge is 2.18. The van der Waals surface area contributed by atoms with Crippen LogP contribution in [-0.2, 0) is 18.3 Å². The van der Waals surface area contributed by atoms with Gasteiger partial charge in [0.1, 0.15) is 13.2 Å². The summed E-state index contributed by atoms with van der Waals surface area (Å²) < 4.78 is 12.8. The fourth-order valence-electron chi connectivity index (χ4n) is 3.03. The Bertz CT molecular complexity index is 1020. The molecule has 1 aromatic carbocycles. The molecule has 0 spiro atoms. The second kappa shape index (κ2) is 6.49. The van der Waals surface area contributed by atoms with Crippen molar-refractivity contribution < 1.29 is 14.3 Å². The number of benzene rings is 1. The molecule has 134 valence electrons. The molecule has 0 atom stereocenters. The Balaban J connectivity index is 1.52. The maximum Gasteiger partial charge on any atom is 0.228 e. The molecule has 0 aliphatic carbocycles. The zero-order chi connectivity index (χ0) is 18.3. The lowest BCUT2D eigenvalue weighted by atomic mass is 10.1. The molecule has 0 radical (unpaired) electrons. The molecule has 0 saturated heterocycles. The first-order valence-corrected chi connectivity index (χ1v) is 8.56. The van der Waals surface area contributed by atoms with Crippen LogP contribution in [0.2, 0.25) is 5.02 Å². The molecule has 2 aromatic heterocycles. The average Bonchev–Trinajstić information content (AvgIpc) is 2.88. The smallest absolute Gasteiger partial charge is 0.228 e. The van der Waals surface area contributed by atoms with E-state index in [2.05, 4.69) is 15.4 Å². The van der Waals surface area contributed by atoms with Crippen LogP contribution >= 0.6 is 11.6 Å². The van der Waals surface area contributed by atoms with E-state index in [9.17, 15) is 4.79 Å². The van der Waals surface area contributed by atoms with Crippen molar-refractivity contribution in [1.82, 2.24) is 14.8 Å². The highest BCUT2D eigenvalue weighted by molar-refractivity contribution is 6.32. The Hall–Kier alpha value is -2.80. The third-order valence-electron chi connectivity index (χ3n) is 4.17. The van der Waals surface area contributed by atoms with Gasteiger partial charge < -0.3 is 14.8 Å². The first kappa shape index (κ1) is 16.7. The summed E-state index contributed by atoms with van der Waals surface area (Å²) in [5.74, 6) is 0.935. The van der Waals surface area contributed by atoms with Crippen LogP contribution in [0.4, 0.5) is 5.69 Å². The largest absolute Gasteiger partial charge is 0.486 e. The standard InChI is InChI=1S/C18H17ClN4O3/c1-10-13-8-12(9-20-18(13)23(2)22-10)21-16(24)7-11-5-14(19)17-15(6-11)25-3-4-26-17/h5-6,8-9H,3-4,7H2,1-2H3,(H,21,24). The van der Waals surface area contributed by atoms with E-state index >= 15 is 0 Å². The van der Waals surface area contributed by atoms with Crippen LogP contribution in [0.3, 0.4) is 0 Å². The Morgan fingerprint density at radius 3 is 2.96 bits per heavy atom. The van der Waals surface area contributed by atoms with Crippen molar-refractivity contribution in [3.63, 3.8) is 0 Å². The summed E-state index contributed by atoms with van der Waals surface area (Å²) in [6.45, 7) is 2.84. The second-order valence-electron chi connectivity index (χ2n) is 6.13. The molecule has 26 heavy (non-hydrogen) atoms. The number of halogens is 1. The van der Waals surface area contributed by atoms with Gasteiger partial charge in [0.05, 0.1) is 29.0 Å². The number of pyridine rings is 1. The quantitative estimate of drug-likeness (QED) is 0.764. The number of hydrogen-bond acceptors (Lipinski definition) is 5. The van der Waals surface area contributed by atoms with E-state index in [0.29, 0.717) is 35.4 Å². The van der Waals surface area contributed by atoms with Gasteiger partial charge in [-0.15, -0.1) is 0 Å². The van der Waals surface area contributed by atoms with E-state index in [1.807, 2.05) is 20.0 Å². The summed E-state index contributed by atoms with van der Waals surface area (Å²) in [6.07, 6.45) is 1.79. The van der Waals surface area contributed by atoms with E-state index in [4.69, 9.17) is 21.1 Å². The zero-order valence-electron chi connectivity index (χ0n) is 14.4. The predicted octanol–water partition coefficient (Wildman–Crippen LogP) is 2.88. The fraction of sp³-hybridized carbons (Fsp3) is 0.278. The van der Waals surface area contributed by atoms with Crippen molar-refractivity contribution >= 4 is 34.2 Å². The normalized spacial score (nSPS) is 13.0. The molecular weight excluding hydrogens is 356 g/mol. The third-order valence-corrected chi connectivity index (χ3v) is 4.45. The molecule has 1 amide bonds. The van der Waals surface area contributed by atoms with Crippen molar-refractivity contribution in [1.29, 1.82) is 0 Å². The topological polar surface area (TPSA) is 78.3 Å². The Morgan fingerprint density at radius 1 is 1.31 bits per heavy atom. The number of rotatable bonds is 3. The molecule has 1 aliphatic rings. The summed E-state index contributed by atoms with van der Waals surface area (Å²) in [5, 5.41) is 8.55. The van der Waals surface area contributed by atoms with Crippen molar-refractivity contribution in [3.05, 3.63) is 40.7 Å². The average molecular weight is 373 g/mol. The van der Waals surface area contributed by atoms with E-state index in [0.717, 1.165) is 22.3 Å². The number of carbonyl (C=O) groups is 1. The number of hydrogen-bond donors (Lipinski definition) is 1. The number of anilines is 1. The van der Waals surface area contributed by atoms with E-state index in [1.165, 1.54) is 0 Å². The Kier molecular flexibility index (Phi) is 4.16. The van der Waals surface area contributed by atoms with Gasteiger partial charge in [-0.25, -0.2) is 4.98 Å². The summed E-state index contributed by atoms with van der Waals surface area (Å²) >= 11 is 6.22. The monoisotopic (exact) mass is 372 g/mol. The molecular formula is C18H17ClN4O3. The second-order valence-corrected chi connectivity index (χ2v) is 6.54. The predicted molar refractivity (Wildman–Crippen MR) is 98.0 cm³/mol. The van der Waals surface area contributed by atoms with Crippen LogP contribution in [0.5, 0.6) is 11.5 Å². The maximum atomic E-state index is 12.4. The molecule has 3 heterocycles. The Morgan fingerprint density at radius 2 is 2.12 bits per heavy atom. The highest BCUT2D eigenvalue weighted by Crippen LogP contribution is 2.38. The number of aromatic nitrogens is 3. The maximum absolute atomic E-state index is 12.4. The van der Waals surface area contributed by atoms with Crippen LogP contribution in [0.15, 0.2) is 24.4 Å². The zero-order valence-corrected chi connectivity index (χ0v) is 15.1. The minimum atomic E-state index is -0.166. The number of nitrogens with one attached hydrogen (secondary N) is 1. The molecule has 0 bridgehead atoms. The van der Waals surface area contributed by atoms with Gasteiger partial charge in [0, 0.05) is 12.4 Å². The summed E-state index contributed by atoms with van der Waals surface area (Å²) in [6, 6.07) is 5.38. The van der Waals surface area contributed by atoms with Gasteiger partial charge in [-0.1, -0.05) is 11.6 Å². The van der Waals surface area contributed by atoms with Crippen LogP contribution in [0, 0.1) is 6.92 Å². The summed E-state index contributed by atoms with van der Waals surface area (Å²) in [5.41, 5.74) is 3.02. The first-order chi connectivity index (χ1) is 12.5. The molecule has 1 N–H and O–H groups in total. The SMILES string of the molecule is Cc1nn(C)c2ncc(NC(=O)Cc3cc(Cl)c4c(c3)OCCO4)cc12. The highest BCUT2D eigenvalue weighted by atomic mass is 35.5. The lowest BCUT2D eigenvalue weighted by Gasteiger charge is -2.20. The van der Waals surface area contributed by atoms with Crippen molar-refractivity contribution in [2.24, 2.45) is 7.05 Å². The van der Waals surface area contributed by atoms with Crippen LogP contribution in [0.1, 0.15) is 11.3 Å². The van der Waals surface area contributed by atoms with Crippen molar-refractivity contribution in [3.8, 4) is 11.5 Å². The minimum Gasteiger partial charge on any atom is -0.486 e. The van der Waals surface area contributed by atoms with Gasteiger partial charge in [-0.2, -0.15) is 5.10 Å². The number of amides is 1. The molecule has 0 fully saturated rings. The first-order valence-electron chi connectivity index (χ1n) is 8.18. The number of nitrogens with zero attached hydrogens (tertiary/aromatic N) is 3. The van der Waals surface area contributed by atoms with Gasteiger partial charge >= 0.3 is 0 Å². The number of fused-ring (bicyclic) bond motifs is 2. The molecule has 1 aliphatic heterocycles. The third kappa shape index (κ3) is 3.06. The number of ether oxygens (including phenoxy) is 2. The van der Waals surface area contributed by atoms with E-state index in [1.54, 1.807) is 23.0 Å². The van der Waals surface area contributed by atoms with Gasteiger partial charge in [0.2, 0.25) is 5.91 Å². The minimum absolute atomic E-state index is 0.166. The van der Waals surface area contributed by atoms with Crippen molar-refractivity contribution in [2.75, 3.05) is 18.5 Å². The number of aryl methyl sites for hydroxylation is 2. The molecule has 8 heteroatoms.